The molecule has 1 amide bonds. The lowest BCUT2D eigenvalue weighted by Crippen LogP contribution is -2.46. The van der Waals surface area contributed by atoms with Crippen LogP contribution < -0.4 is 0 Å². The van der Waals surface area contributed by atoms with Crippen LogP contribution in [0.25, 0.3) is 0 Å². The molecule has 1 saturated heterocycles. The molecular formula is C15H17ClN4O3S. The molecule has 1 fully saturated rings. The predicted molar refractivity (Wildman–Crippen MR) is 89.6 cm³/mol. The van der Waals surface area contributed by atoms with E-state index in [9.17, 15) is 13.2 Å². The van der Waals surface area contributed by atoms with Crippen molar-refractivity contribution >= 4 is 27.3 Å². The molecule has 2 aromatic heterocycles. The molecule has 7 nitrogen and oxygen atoms in total. The average Bonchev–Trinajstić information content (AvgIpc) is 3.03. The second kappa shape index (κ2) is 6.52. The number of nitrogens with zero attached hydrogens (tertiary/aromatic N) is 4. The summed E-state index contributed by atoms with van der Waals surface area (Å²) in [5.41, 5.74) is 0.953. The molecule has 3 heterocycles. The molecule has 0 aromatic carbocycles. The molecule has 0 aliphatic carbocycles. The fourth-order valence-electron chi connectivity index (χ4n) is 2.70. The minimum Gasteiger partial charge on any atom is -0.328 e. The van der Waals surface area contributed by atoms with E-state index < -0.39 is 15.9 Å². The van der Waals surface area contributed by atoms with Crippen LogP contribution in [0.2, 0.25) is 5.02 Å². The summed E-state index contributed by atoms with van der Waals surface area (Å²) in [5, 5.41) is 4.63. The van der Waals surface area contributed by atoms with Gasteiger partial charge in [0.15, 0.2) is 9.84 Å². The van der Waals surface area contributed by atoms with Gasteiger partial charge >= 0.3 is 0 Å². The first kappa shape index (κ1) is 16.9. The van der Waals surface area contributed by atoms with Gasteiger partial charge in [-0.05, 0) is 19.1 Å². The molecule has 128 valence electrons. The first-order chi connectivity index (χ1) is 11.4. The van der Waals surface area contributed by atoms with Gasteiger partial charge in [-0.2, -0.15) is 5.10 Å². The summed E-state index contributed by atoms with van der Waals surface area (Å²) in [6.07, 6.45) is 4.80. The zero-order chi connectivity index (χ0) is 17.3. The van der Waals surface area contributed by atoms with Gasteiger partial charge in [-0.3, -0.25) is 9.48 Å². The van der Waals surface area contributed by atoms with Crippen molar-refractivity contribution in [2.24, 2.45) is 0 Å². The van der Waals surface area contributed by atoms with Crippen molar-refractivity contribution in [1.82, 2.24) is 19.7 Å². The van der Waals surface area contributed by atoms with E-state index in [1.165, 1.54) is 6.20 Å². The van der Waals surface area contributed by atoms with E-state index in [0.29, 0.717) is 17.1 Å². The Morgan fingerprint density at radius 2 is 2.17 bits per heavy atom. The maximum absolute atomic E-state index is 12.8. The fraction of sp³-hybridized carbons (Fsp3) is 0.400. The zero-order valence-corrected chi connectivity index (χ0v) is 14.7. The Morgan fingerprint density at radius 3 is 2.79 bits per heavy atom. The minimum atomic E-state index is -3.21. The molecular weight excluding hydrogens is 352 g/mol. The maximum atomic E-state index is 12.8. The van der Waals surface area contributed by atoms with Gasteiger partial charge < -0.3 is 4.90 Å². The van der Waals surface area contributed by atoms with Gasteiger partial charge in [0.05, 0.1) is 28.8 Å². The number of aryl methyl sites for hydroxylation is 1. The van der Waals surface area contributed by atoms with E-state index in [1.54, 1.807) is 34.1 Å². The fourth-order valence-corrected chi connectivity index (χ4v) is 4.31. The number of aromatic nitrogens is 3. The molecule has 0 unspecified atom stereocenters. The van der Waals surface area contributed by atoms with E-state index in [0.717, 1.165) is 0 Å². The van der Waals surface area contributed by atoms with Crippen molar-refractivity contribution in [3.8, 4) is 0 Å². The molecule has 9 heteroatoms. The molecule has 0 radical (unpaired) electrons. The smallest absolute Gasteiger partial charge is 0.273 e. The van der Waals surface area contributed by atoms with Gasteiger partial charge in [0.25, 0.3) is 5.91 Å². The van der Waals surface area contributed by atoms with Crippen LogP contribution in [0.3, 0.4) is 0 Å². The lowest BCUT2D eigenvalue weighted by atomic mass is 10.1. The summed E-state index contributed by atoms with van der Waals surface area (Å²) in [5.74, 6) is -0.470. The number of pyridine rings is 1. The molecule has 1 atom stereocenters. The molecule has 0 spiro atoms. The van der Waals surface area contributed by atoms with Crippen LogP contribution in [0.1, 0.15) is 29.0 Å². The van der Waals surface area contributed by atoms with Crippen molar-refractivity contribution in [2.75, 3.05) is 18.1 Å². The largest absolute Gasteiger partial charge is 0.328 e. The summed E-state index contributed by atoms with van der Waals surface area (Å²) < 4.78 is 25.8. The summed E-state index contributed by atoms with van der Waals surface area (Å²) in [6, 6.07) is 2.57. The van der Waals surface area contributed by atoms with Gasteiger partial charge in [-0.15, -0.1) is 0 Å². The van der Waals surface area contributed by atoms with Crippen LogP contribution in [-0.4, -0.2) is 52.0 Å². The van der Waals surface area contributed by atoms with Crippen LogP contribution in [0.15, 0.2) is 30.7 Å². The molecule has 2 aromatic rings. The molecule has 24 heavy (non-hydrogen) atoms. The number of amides is 1. The van der Waals surface area contributed by atoms with Gasteiger partial charge in [0.2, 0.25) is 0 Å². The Labute approximate surface area is 145 Å². The van der Waals surface area contributed by atoms with E-state index in [4.69, 9.17) is 11.6 Å². The highest BCUT2D eigenvalue weighted by atomic mass is 35.5. The quantitative estimate of drug-likeness (QED) is 0.820. The predicted octanol–water partition coefficient (Wildman–Crippen LogP) is 1.56. The second-order valence-electron chi connectivity index (χ2n) is 5.62. The lowest BCUT2D eigenvalue weighted by Gasteiger charge is -2.34. The SMILES string of the molecule is CCn1cc([C@H]2CS(=O)(=O)CCN2C(=O)c2ccc(Cl)cn2)cn1. The number of carbonyl (C=O) groups is 1. The van der Waals surface area contributed by atoms with Crippen molar-refractivity contribution in [3.05, 3.63) is 47.0 Å². The van der Waals surface area contributed by atoms with Gasteiger partial charge in [0, 0.05) is 31.0 Å². The van der Waals surface area contributed by atoms with Crippen LogP contribution in [0.4, 0.5) is 0 Å². The van der Waals surface area contributed by atoms with E-state index in [2.05, 4.69) is 10.1 Å². The average molecular weight is 369 g/mol. The van der Waals surface area contributed by atoms with Gasteiger partial charge in [-0.1, -0.05) is 11.6 Å². The summed E-state index contributed by atoms with van der Waals surface area (Å²) in [4.78, 5) is 18.4. The Balaban J connectivity index is 1.94. The molecule has 1 aliphatic rings. The first-order valence-electron chi connectivity index (χ1n) is 7.55. The van der Waals surface area contributed by atoms with Crippen LogP contribution in [0.5, 0.6) is 0 Å². The molecule has 3 rings (SSSR count). The lowest BCUT2D eigenvalue weighted by molar-refractivity contribution is 0.0691. The van der Waals surface area contributed by atoms with E-state index in [-0.39, 0.29) is 29.7 Å². The summed E-state index contributed by atoms with van der Waals surface area (Å²) >= 11 is 5.81. The first-order valence-corrected chi connectivity index (χ1v) is 9.75. The van der Waals surface area contributed by atoms with Crippen LogP contribution in [-0.2, 0) is 16.4 Å². The third-order valence-corrected chi connectivity index (χ3v) is 5.85. The third kappa shape index (κ3) is 3.44. The Bertz CT molecular complexity index is 848. The minimum absolute atomic E-state index is 0.0508. The molecule has 0 saturated carbocycles. The summed E-state index contributed by atoms with van der Waals surface area (Å²) in [7, 11) is -3.21. The summed E-state index contributed by atoms with van der Waals surface area (Å²) in [6.45, 7) is 2.74. The highest BCUT2D eigenvalue weighted by Crippen LogP contribution is 2.28. The molecule has 0 N–H and O–H groups in total. The number of sulfone groups is 1. The van der Waals surface area contributed by atoms with Crippen molar-refractivity contribution in [2.45, 2.75) is 19.5 Å². The van der Waals surface area contributed by atoms with Crippen LogP contribution >= 0.6 is 11.6 Å². The van der Waals surface area contributed by atoms with Gasteiger partial charge in [-0.25, -0.2) is 13.4 Å². The number of hydrogen-bond donors (Lipinski definition) is 0. The second-order valence-corrected chi connectivity index (χ2v) is 8.28. The third-order valence-electron chi connectivity index (χ3n) is 4.00. The Hall–Kier alpha value is -1.93. The maximum Gasteiger partial charge on any atom is 0.273 e. The van der Waals surface area contributed by atoms with Crippen molar-refractivity contribution in [1.29, 1.82) is 0 Å². The number of hydrogen-bond acceptors (Lipinski definition) is 5. The molecule has 1 aliphatic heterocycles. The topological polar surface area (TPSA) is 85.2 Å². The Morgan fingerprint density at radius 1 is 1.38 bits per heavy atom. The number of carbonyl (C=O) groups excluding carboxylic acids is 1. The number of rotatable bonds is 3. The van der Waals surface area contributed by atoms with Gasteiger partial charge in [0.1, 0.15) is 5.69 Å². The Kier molecular flexibility index (Phi) is 4.60. The molecule has 0 bridgehead atoms. The monoisotopic (exact) mass is 368 g/mol. The zero-order valence-electron chi connectivity index (χ0n) is 13.1. The van der Waals surface area contributed by atoms with Crippen molar-refractivity contribution in [3.63, 3.8) is 0 Å². The highest BCUT2D eigenvalue weighted by molar-refractivity contribution is 7.91. The van der Waals surface area contributed by atoms with E-state index >= 15 is 0 Å². The standard InChI is InChI=1S/C15H17ClN4O3S/c1-2-19-9-11(7-18-19)14-10-24(22,23)6-5-20(14)15(21)13-4-3-12(16)8-17-13/h3-4,7-9,14H,2,5-6,10H2,1H3/t14-/m1/s1. The van der Waals surface area contributed by atoms with Crippen molar-refractivity contribution < 1.29 is 13.2 Å². The van der Waals surface area contributed by atoms with E-state index in [1.807, 2.05) is 6.92 Å². The highest BCUT2D eigenvalue weighted by Gasteiger charge is 2.36. The normalized spacial score (nSPS) is 20.1. The number of halogens is 1. The van der Waals surface area contributed by atoms with Crippen LogP contribution in [0, 0.1) is 0 Å².